The van der Waals surface area contributed by atoms with Gasteiger partial charge in [0.1, 0.15) is 5.92 Å². The van der Waals surface area contributed by atoms with Crippen molar-refractivity contribution in [2.24, 2.45) is 4.99 Å². The number of fused-ring (bicyclic) bond motifs is 1. The Morgan fingerprint density at radius 2 is 1.64 bits per heavy atom. The number of rotatable bonds is 8. The molecule has 39 heavy (non-hydrogen) atoms. The average molecular weight is 527 g/mol. The highest BCUT2D eigenvalue weighted by Crippen LogP contribution is 2.42. The van der Waals surface area contributed by atoms with E-state index in [1.54, 1.807) is 32.2 Å². The van der Waals surface area contributed by atoms with E-state index in [4.69, 9.17) is 14.5 Å². The molecule has 1 atom stereocenters. The summed E-state index contributed by atoms with van der Waals surface area (Å²) >= 11 is 0. The van der Waals surface area contributed by atoms with Crippen LogP contribution in [0.5, 0.6) is 11.5 Å². The summed E-state index contributed by atoms with van der Waals surface area (Å²) < 4.78 is 10.9. The average Bonchev–Trinajstić information content (AvgIpc) is 3.30. The van der Waals surface area contributed by atoms with Crippen molar-refractivity contribution in [1.29, 1.82) is 0 Å². The Hall–Kier alpha value is -4.17. The fourth-order valence-electron chi connectivity index (χ4n) is 5.21. The molecule has 2 aliphatic rings. The summed E-state index contributed by atoms with van der Waals surface area (Å²) in [5.74, 6) is 0.372. The van der Waals surface area contributed by atoms with Gasteiger partial charge in [0, 0.05) is 24.5 Å². The summed E-state index contributed by atoms with van der Waals surface area (Å²) in [6.45, 7) is 2.39. The molecule has 0 radical (unpaired) electrons. The molecule has 2 heterocycles. The van der Waals surface area contributed by atoms with Crippen LogP contribution < -0.4 is 19.7 Å². The summed E-state index contributed by atoms with van der Waals surface area (Å²) in [6, 6.07) is 20.9. The fourth-order valence-corrected chi connectivity index (χ4v) is 5.21. The van der Waals surface area contributed by atoms with Gasteiger partial charge in [0.2, 0.25) is 11.8 Å². The Labute approximate surface area is 229 Å². The van der Waals surface area contributed by atoms with Crippen molar-refractivity contribution in [2.45, 2.75) is 25.2 Å². The number of ether oxygens (including phenoxy) is 2. The number of hydrogen-bond donors (Lipinski definition) is 1. The zero-order chi connectivity index (χ0) is 27.4. The third-order valence-electron chi connectivity index (χ3n) is 7.40. The van der Waals surface area contributed by atoms with E-state index in [-0.39, 0.29) is 11.8 Å². The predicted molar refractivity (Wildman–Crippen MR) is 154 cm³/mol. The molecule has 0 bridgehead atoms. The van der Waals surface area contributed by atoms with Gasteiger partial charge in [-0.2, -0.15) is 0 Å². The summed E-state index contributed by atoms with van der Waals surface area (Å²) in [5, 5.41) is 2.98. The van der Waals surface area contributed by atoms with Crippen molar-refractivity contribution in [3.05, 3.63) is 77.9 Å². The molecule has 0 aliphatic carbocycles. The van der Waals surface area contributed by atoms with Gasteiger partial charge < -0.3 is 19.7 Å². The predicted octanol–water partition coefficient (Wildman–Crippen LogP) is 5.01. The van der Waals surface area contributed by atoms with Crippen LogP contribution in [0, 0.1) is 0 Å². The van der Waals surface area contributed by atoms with E-state index in [0.29, 0.717) is 35.1 Å². The van der Waals surface area contributed by atoms with Crippen molar-refractivity contribution in [1.82, 2.24) is 4.90 Å². The van der Waals surface area contributed by atoms with Gasteiger partial charge in [-0.25, -0.2) is 0 Å². The largest absolute Gasteiger partial charge is 0.493 e. The van der Waals surface area contributed by atoms with Gasteiger partial charge in [0.25, 0.3) is 0 Å². The Bertz CT molecular complexity index is 1370. The van der Waals surface area contributed by atoms with Gasteiger partial charge in [-0.3, -0.25) is 19.5 Å². The molecule has 3 aromatic rings. The zero-order valence-electron chi connectivity index (χ0n) is 22.6. The first-order chi connectivity index (χ1) is 19.0. The Balaban J connectivity index is 1.45. The highest BCUT2D eigenvalue weighted by Gasteiger charge is 2.36. The number of carbonyl (C=O) groups excluding carboxylic acids is 2. The molecule has 8 nitrogen and oxygen atoms in total. The number of anilines is 2. The molecule has 0 aromatic heterocycles. The lowest BCUT2D eigenvalue weighted by molar-refractivity contribution is -0.119. The van der Waals surface area contributed by atoms with E-state index < -0.39 is 5.92 Å². The van der Waals surface area contributed by atoms with E-state index in [1.165, 1.54) is 6.42 Å². The molecule has 5 rings (SSSR count). The Morgan fingerprint density at radius 3 is 2.31 bits per heavy atom. The minimum Gasteiger partial charge on any atom is -0.493 e. The third kappa shape index (κ3) is 5.66. The monoisotopic (exact) mass is 526 g/mol. The lowest BCUT2D eigenvalue weighted by Crippen LogP contribution is -2.40. The molecule has 0 spiro atoms. The van der Waals surface area contributed by atoms with Gasteiger partial charge in [0.05, 0.1) is 32.2 Å². The number of nitrogens with zero attached hydrogens (tertiary/aromatic N) is 3. The molecule has 3 aromatic carbocycles. The second-order valence-electron chi connectivity index (χ2n) is 9.89. The summed E-state index contributed by atoms with van der Waals surface area (Å²) in [6.07, 6.45) is 3.54. The van der Waals surface area contributed by atoms with E-state index in [2.05, 4.69) is 10.2 Å². The molecule has 2 aliphatic heterocycles. The van der Waals surface area contributed by atoms with Crippen LogP contribution in [0.15, 0.2) is 71.7 Å². The summed E-state index contributed by atoms with van der Waals surface area (Å²) in [4.78, 5) is 35.1. The number of carbonyl (C=O) groups is 2. The fraction of sp³-hybridized carbons (Fsp3) is 0.323. The van der Waals surface area contributed by atoms with Crippen LogP contribution in [-0.4, -0.2) is 63.3 Å². The molecule has 1 N–H and O–H groups in total. The maximum atomic E-state index is 13.3. The van der Waals surface area contributed by atoms with Crippen molar-refractivity contribution in [3.8, 4) is 11.5 Å². The molecule has 2 amide bonds. The number of piperidine rings is 1. The van der Waals surface area contributed by atoms with Crippen LogP contribution in [-0.2, 0) is 9.59 Å². The van der Waals surface area contributed by atoms with Crippen molar-refractivity contribution >= 4 is 34.6 Å². The van der Waals surface area contributed by atoms with Crippen LogP contribution in [0.4, 0.5) is 17.1 Å². The Morgan fingerprint density at radius 1 is 0.974 bits per heavy atom. The maximum absolute atomic E-state index is 13.3. The van der Waals surface area contributed by atoms with Crippen molar-refractivity contribution in [2.75, 3.05) is 51.1 Å². The highest BCUT2D eigenvalue weighted by molar-refractivity contribution is 6.24. The number of aliphatic imine (C=N–C) groups is 1. The number of likely N-dealkylation sites (N-methyl/N-ethyl adjacent to an activating group) is 1. The van der Waals surface area contributed by atoms with Gasteiger partial charge in [0.15, 0.2) is 11.5 Å². The number of likely N-dealkylation sites (tertiary alicyclic amines) is 1. The van der Waals surface area contributed by atoms with Gasteiger partial charge in [-0.1, -0.05) is 36.8 Å². The van der Waals surface area contributed by atoms with E-state index in [0.717, 1.165) is 42.7 Å². The molecule has 1 unspecified atom stereocenters. The zero-order valence-corrected chi connectivity index (χ0v) is 22.6. The number of methoxy groups -OCH3 is 2. The molecule has 202 valence electrons. The molecule has 8 heteroatoms. The number of nitrogens with one attached hydrogen (secondary N) is 1. The third-order valence-corrected chi connectivity index (χ3v) is 7.40. The molecule has 0 saturated carbocycles. The Kier molecular flexibility index (Phi) is 7.93. The van der Waals surface area contributed by atoms with Crippen LogP contribution in [0.2, 0.25) is 0 Å². The van der Waals surface area contributed by atoms with Crippen LogP contribution in [0.3, 0.4) is 0 Å². The minimum atomic E-state index is -0.629. The first-order valence-corrected chi connectivity index (χ1v) is 13.3. The van der Waals surface area contributed by atoms with Crippen LogP contribution in [0.1, 0.15) is 36.3 Å². The van der Waals surface area contributed by atoms with Gasteiger partial charge >= 0.3 is 0 Å². The standard InChI is InChI=1S/C31H34N4O4/c1-34(28(36)20-35-16-8-5-9-17-35)23-14-12-22(13-15-23)32-30(21-10-6-4-7-11-21)29-24-18-26(38-2)27(39-3)19-25(24)33-31(29)37/h4,6-7,10-15,18-19,29H,5,8-9,16-17,20H2,1-3H3,(H,33,37). The second-order valence-corrected chi connectivity index (χ2v) is 9.89. The van der Waals surface area contributed by atoms with Crippen molar-refractivity contribution in [3.63, 3.8) is 0 Å². The molecular formula is C31H34N4O4. The number of hydrogen-bond acceptors (Lipinski definition) is 6. The lowest BCUT2D eigenvalue weighted by atomic mass is 9.90. The van der Waals surface area contributed by atoms with Crippen molar-refractivity contribution < 1.29 is 19.1 Å². The quantitative estimate of drug-likeness (QED) is 0.417. The first-order valence-electron chi connectivity index (χ1n) is 13.3. The minimum absolute atomic E-state index is 0.0711. The topological polar surface area (TPSA) is 83.5 Å². The summed E-state index contributed by atoms with van der Waals surface area (Å²) in [7, 11) is 4.95. The second kappa shape index (κ2) is 11.7. The molecule has 1 fully saturated rings. The number of amides is 2. The number of benzene rings is 3. The maximum Gasteiger partial charge on any atom is 0.240 e. The van der Waals surface area contributed by atoms with Gasteiger partial charge in [-0.15, -0.1) is 0 Å². The highest BCUT2D eigenvalue weighted by atomic mass is 16.5. The van der Waals surface area contributed by atoms with E-state index in [1.807, 2.05) is 60.7 Å². The molecule has 1 saturated heterocycles. The first kappa shape index (κ1) is 26.4. The summed E-state index contributed by atoms with van der Waals surface area (Å²) in [5.41, 5.74) is 4.42. The lowest BCUT2D eigenvalue weighted by Gasteiger charge is -2.28. The van der Waals surface area contributed by atoms with E-state index >= 15 is 0 Å². The van der Waals surface area contributed by atoms with Gasteiger partial charge in [-0.05, 0) is 67.4 Å². The molecular weight excluding hydrogens is 492 g/mol. The SMILES string of the molecule is COc1cc2c(cc1OC)C(C(=Nc1ccc(N(C)C(=O)CN3CCCCC3)cc1)c1ccccc1)C(=O)N2. The van der Waals surface area contributed by atoms with E-state index in [9.17, 15) is 9.59 Å². The normalized spacial score (nSPS) is 17.4. The smallest absolute Gasteiger partial charge is 0.240 e. The van der Waals surface area contributed by atoms with Crippen LogP contribution in [0.25, 0.3) is 0 Å². The van der Waals surface area contributed by atoms with Crippen LogP contribution >= 0.6 is 0 Å².